The van der Waals surface area contributed by atoms with E-state index >= 15 is 0 Å². The van der Waals surface area contributed by atoms with Crippen molar-refractivity contribution in [3.05, 3.63) is 36.0 Å². The van der Waals surface area contributed by atoms with Gasteiger partial charge in [0.15, 0.2) is 0 Å². The van der Waals surface area contributed by atoms with Crippen LogP contribution < -0.4 is 5.32 Å². The van der Waals surface area contributed by atoms with Gasteiger partial charge in [0.2, 0.25) is 0 Å². The number of amides is 1. The lowest BCUT2D eigenvalue weighted by molar-refractivity contribution is -0.135. The number of hydrogen-bond donors (Lipinski definition) is 3. The second-order valence-corrected chi connectivity index (χ2v) is 3.61. The molecule has 3 N–H and O–H groups in total. The van der Waals surface area contributed by atoms with Crippen molar-refractivity contribution in [3.63, 3.8) is 0 Å². The van der Waals surface area contributed by atoms with Crippen molar-refractivity contribution < 1.29 is 19.8 Å². The SMILES string of the molecule is O=C(O)CNC(=O)c1c(O)ccc2cccnc12. The van der Waals surface area contributed by atoms with E-state index in [4.69, 9.17) is 5.11 Å². The number of carboxylic acids is 1. The highest BCUT2D eigenvalue weighted by Crippen LogP contribution is 2.25. The maximum atomic E-state index is 11.8. The van der Waals surface area contributed by atoms with E-state index in [1.54, 1.807) is 18.2 Å². The molecule has 0 unspecified atom stereocenters. The number of carboxylic acid groups (broad SMARTS) is 1. The smallest absolute Gasteiger partial charge is 0.322 e. The van der Waals surface area contributed by atoms with E-state index in [1.165, 1.54) is 12.3 Å². The Morgan fingerprint density at radius 3 is 2.78 bits per heavy atom. The summed E-state index contributed by atoms with van der Waals surface area (Å²) >= 11 is 0. The Morgan fingerprint density at radius 2 is 2.06 bits per heavy atom. The molecule has 0 fully saturated rings. The van der Waals surface area contributed by atoms with E-state index in [9.17, 15) is 14.7 Å². The number of phenols is 1. The summed E-state index contributed by atoms with van der Waals surface area (Å²) in [5.74, 6) is -2.06. The van der Waals surface area contributed by atoms with Gasteiger partial charge in [-0.2, -0.15) is 0 Å². The number of benzene rings is 1. The topological polar surface area (TPSA) is 99.5 Å². The molecule has 0 spiro atoms. The van der Waals surface area contributed by atoms with Gasteiger partial charge in [-0.05, 0) is 18.2 Å². The summed E-state index contributed by atoms with van der Waals surface area (Å²) < 4.78 is 0. The molecule has 0 atom stereocenters. The molecule has 0 aliphatic carbocycles. The average molecular weight is 246 g/mol. The number of phenolic OH excluding ortho intramolecular Hbond substituents is 1. The van der Waals surface area contributed by atoms with Crippen LogP contribution in [-0.4, -0.2) is 33.6 Å². The van der Waals surface area contributed by atoms with Crippen molar-refractivity contribution in [3.8, 4) is 5.75 Å². The van der Waals surface area contributed by atoms with Crippen LogP contribution in [0.3, 0.4) is 0 Å². The van der Waals surface area contributed by atoms with Gasteiger partial charge in [0.25, 0.3) is 5.91 Å². The van der Waals surface area contributed by atoms with E-state index in [0.717, 1.165) is 0 Å². The van der Waals surface area contributed by atoms with Crippen LogP contribution >= 0.6 is 0 Å². The standard InChI is InChI=1S/C12H10N2O4/c15-8-4-3-7-2-1-5-13-11(7)10(8)12(18)14-6-9(16)17/h1-5,15H,6H2,(H,14,18)(H,16,17). The molecule has 0 saturated heterocycles. The quantitative estimate of drug-likeness (QED) is 0.742. The average Bonchev–Trinajstić information content (AvgIpc) is 2.36. The Morgan fingerprint density at radius 1 is 1.28 bits per heavy atom. The summed E-state index contributed by atoms with van der Waals surface area (Å²) in [5, 5.41) is 21.1. The fraction of sp³-hybridized carbons (Fsp3) is 0.0833. The van der Waals surface area contributed by atoms with Gasteiger partial charge >= 0.3 is 5.97 Å². The summed E-state index contributed by atoms with van der Waals surface area (Å²) in [6, 6.07) is 6.46. The van der Waals surface area contributed by atoms with Gasteiger partial charge in [-0.1, -0.05) is 6.07 Å². The fourth-order valence-corrected chi connectivity index (χ4v) is 1.60. The summed E-state index contributed by atoms with van der Waals surface area (Å²) in [7, 11) is 0. The molecule has 1 heterocycles. The molecule has 0 saturated carbocycles. The predicted molar refractivity (Wildman–Crippen MR) is 63.4 cm³/mol. The summed E-state index contributed by atoms with van der Waals surface area (Å²) in [5.41, 5.74) is 0.315. The van der Waals surface area contributed by atoms with E-state index in [0.29, 0.717) is 10.9 Å². The maximum Gasteiger partial charge on any atom is 0.322 e. The first kappa shape index (κ1) is 11.8. The molecule has 0 radical (unpaired) electrons. The van der Waals surface area contributed by atoms with Gasteiger partial charge in [0.1, 0.15) is 17.9 Å². The molecular weight excluding hydrogens is 236 g/mol. The van der Waals surface area contributed by atoms with Crippen molar-refractivity contribution in [2.75, 3.05) is 6.54 Å². The summed E-state index contributed by atoms with van der Waals surface area (Å²) in [6.07, 6.45) is 1.50. The minimum absolute atomic E-state index is 0.0191. The van der Waals surface area contributed by atoms with E-state index in [2.05, 4.69) is 10.3 Å². The Bertz CT molecular complexity index is 625. The van der Waals surface area contributed by atoms with Gasteiger partial charge in [-0.15, -0.1) is 0 Å². The van der Waals surface area contributed by atoms with E-state index < -0.39 is 18.4 Å². The van der Waals surface area contributed by atoms with Crippen LogP contribution in [0.25, 0.3) is 10.9 Å². The Hall–Kier alpha value is -2.63. The Kier molecular flexibility index (Phi) is 3.09. The molecule has 18 heavy (non-hydrogen) atoms. The van der Waals surface area contributed by atoms with Crippen LogP contribution in [-0.2, 0) is 4.79 Å². The molecule has 2 aromatic rings. The van der Waals surface area contributed by atoms with Crippen LogP contribution in [0.1, 0.15) is 10.4 Å². The lowest BCUT2D eigenvalue weighted by Gasteiger charge is -2.07. The number of fused-ring (bicyclic) bond motifs is 1. The molecule has 1 amide bonds. The number of carbonyl (C=O) groups is 2. The zero-order valence-corrected chi connectivity index (χ0v) is 9.25. The molecule has 0 aliphatic heterocycles. The first-order chi connectivity index (χ1) is 8.59. The molecule has 92 valence electrons. The van der Waals surface area contributed by atoms with Crippen molar-refractivity contribution in [1.29, 1.82) is 0 Å². The third-order valence-corrected chi connectivity index (χ3v) is 2.38. The second kappa shape index (κ2) is 4.70. The van der Waals surface area contributed by atoms with Crippen LogP contribution in [0.2, 0.25) is 0 Å². The minimum atomic E-state index is -1.16. The lowest BCUT2D eigenvalue weighted by atomic mass is 10.1. The number of hydrogen-bond acceptors (Lipinski definition) is 4. The highest BCUT2D eigenvalue weighted by molar-refractivity contribution is 6.08. The third-order valence-electron chi connectivity index (χ3n) is 2.38. The maximum absolute atomic E-state index is 11.8. The van der Waals surface area contributed by atoms with Crippen molar-refractivity contribution in [2.45, 2.75) is 0 Å². The molecule has 2 rings (SSSR count). The molecule has 1 aromatic heterocycles. The highest BCUT2D eigenvalue weighted by atomic mass is 16.4. The van der Waals surface area contributed by atoms with Crippen molar-refractivity contribution in [2.24, 2.45) is 0 Å². The molecular formula is C12H10N2O4. The van der Waals surface area contributed by atoms with Gasteiger partial charge in [0, 0.05) is 11.6 Å². The van der Waals surface area contributed by atoms with Crippen LogP contribution in [0.5, 0.6) is 5.75 Å². The fourth-order valence-electron chi connectivity index (χ4n) is 1.60. The molecule has 6 heteroatoms. The molecule has 1 aromatic carbocycles. The lowest BCUT2D eigenvalue weighted by Crippen LogP contribution is -2.29. The Labute approximate surface area is 102 Å². The largest absolute Gasteiger partial charge is 0.507 e. The number of nitrogens with one attached hydrogen (secondary N) is 1. The van der Waals surface area contributed by atoms with Crippen LogP contribution in [0.4, 0.5) is 0 Å². The predicted octanol–water partition coefficient (Wildman–Crippen LogP) is 0.755. The van der Waals surface area contributed by atoms with Crippen LogP contribution in [0.15, 0.2) is 30.5 Å². The zero-order valence-electron chi connectivity index (χ0n) is 9.25. The zero-order chi connectivity index (χ0) is 13.1. The van der Waals surface area contributed by atoms with Gasteiger partial charge in [-0.3, -0.25) is 14.6 Å². The number of carbonyl (C=O) groups excluding carboxylic acids is 1. The summed E-state index contributed by atoms with van der Waals surface area (Å²) in [6.45, 7) is -0.512. The number of aromatic nitrogens is 1. The summed E-state index contributed by atoms with van der Waals surface area (Å²) in [4.78, 5) is 26.2. The minimum Gasteiger partial charge on any atom is -0.507 e. The molecule has 0 bridgehead atoms. The van der Waals surface area contributed by atoms with Gasteiger partial charge in [0.05, 0.1) is 5.52 Å². The van der Waals surface area contributed by atoms with Crippen molar-refractivity contribution in [1.82, 2.24) is 10.3 Å². The first-order valence-electron chi connectivity index (χ1n) is 5.16. The molecule has 6 nitrogen and oxygen atoms in total. The van der Waals surface area contributed by atoms with E-state index in [1.807, 2.05) is 0 Å². The number of nitrogens with zero attached hydrogens (tertiary/aromatic N) is 1. The van der Waals surface area contributed by atoms with Crippen molar-refractivity contribution >= 4 is 22.8 Å². The van der Waals surface area contributed by atoms with Gasteiger partial charge in [-0.25, -0.2) is 0 Å². The number of pyridine rings is 1. The van der Waals surface area contributed by atoms with Crippen LogP contribution in [0, 0.1) is 0 Å². The molecule has 0 aliphatic rings. The highest BCUT2D eigenvalue weighted by Gasteiger charge is 2.16. The first-order valence-corrected chi connectivity index (χ1v) is 5.16. The second-order valence-electron chi connectivity index (χ2n) is 3.61. The van der Waals surface area contributed by atoms with Gasteiger partial charge < -0.3 is 15.5 Å². The number of aliphatic carboxylic acids is 1. The number of rotatable bonds is 3. The Balaban J connectivity index is 2.45. The third kappa shape index (κ3) is 2.22. The monoisotopic (exact) mass is 246 g/mol. The van der Waals surface area contributed by atoms with E-state index in [-0.39, 0.29) is 11.3 Å². The normalized spacial score (nSPS) is 10.2. The number of aromatic hydroxyl groups is 1.